The summed E-state index contributed by atoms with van der Waals surface area (Å²) in [4.78, 5) is 10.2. The zero-order chi connectivity index (χ0) is 9.26. The fraction of sp³-hybridized carbons (Fsp3) is 0. The van der Waals surface area contributed by atoms with Crippen molar-refractivity contribution in [3.63, 3.8) is 0 Å². The summed E-state index contributed by atoms with van der Waals surface area (Å²) in [5, 5.41) is 9.00. The predicted octanol–water partition coefficient (Wildman–Crippen LogP) is 1.47. The minimum atomic E-state index is -0.428. The molecule has 4 nitrogen and oxygen atoms in total. The molecule has 1 aromatic heterocycles. The van der Waals surface area contributed by atoms with Gasteiger partial charge in [-0.1, -0.05) is 0 Å². The van der Waals surface area contributed by atoms with Crippen LogP contribution in [0.25, 0.3) is 11.5 Å². The van der Waals surface area contributed by atoms with Crippen LogP contribution in [0.4, 0.5) is 0 Å². The first-order valence-corrected chi connectivity index (χ1v) is 4.29. The fourth-order valence-electron chi connectivity index (χ4n) is 0.911. The van der Waals surface area contributed by atoms with Gasteiger partial charge in [0, 0.05) is 5.56 Å². The van der Waals surface area contributed by atoms with Crippen LogP contribution in [0.2, 0.25) is 0 Å². The molecule has 0 saturated carbocycles. The van der Waals surface area contributed by atoms with Crippen molar-refractivity contribution in [1.29, 1.82) is 0 Å². The Morgan fingerprint density at radius 3 is 2.54 bits per heavy atom. The van der Waals surface area contributed by atoms with Gasteiger partial charge in [0.2, 0.25) is 5.89 Å². The summed E-state index contributed by atoms with van der Waals surface area (Å²) in [6, 6.07) is 6.28. The van der Waals surface area contributed by atoms with Crippen molar-refractivity contribution in [3.8, 4) is 17.2 Å². The van der Waals surface area contributed by atoms with Crippen molar-refractivity contribution in [3.05, 3.63) is 34.0 Å². The highest BCUT2D eigenvalue weighted by molar-refractivity contribution is 7.02. The van der Waals surface area contributed by atoms with Crippen LogP contribution in [-0.2, 0) is 0 Å². The molecule has 0 aliphatic carbocycles. The molecular formula is C8H5NO3S. The highest BCUT2D eigenvalue weighted by Crippen LogP contribution is 2.19. The zero-order valence-corrected chi connectivity index (χ0v) is 7.25. The standard InChI is InChI=1S/C8H5NO3S/c10-6-3-1-5(2-4-6)7-9-13-8(11)12-7/h1-4,10H. The van der Waals surface area contributed by atoms with Gasteiger partial charge < -0.3 is 9.52 Å². The van der Waals surface area contributed by atoms with Crippen molar-refractivity contribution in [2.45, 2.75) is 0 Å². The minimum Gasteiger partial charge on any atom is -0.508 e. The number of aromatic nitrogens is 1. The largest absolute Gasteiger partial charge is 0.508 e. The third-order valence-electron chi connectivity index (χ3n) is 1.50. The zero-order valence-electron chi connectivity index (χ0n) is 6.43. The second-order valence-electron chi connectivity index (χ2n) is 2.39. The Morgan fingerprint density at radius 2 is 2.00 bits per heavy atom. The maximum atomic E-state index is 10.7. The first-order chi connectivity index (χ1) is 6.25. The average Bonchev–Trinajstić information content (AvgIpc) is 2.53. The number of phenols is 1. The Morgan fingerprint density at radius 1 is 1.31 bits per heavy atom. The number of hydrogen-bond donors (Lipinski definition) is 1. The first-order valence-electron chi connectivity index (χ1n) is 3.52. The Kier molecular flexibility index (Phi) is 1.86. The van der Waals surface area contributed by atoms with Crippen LogP contribution in [0.3, 0.4) is 0 Å². The highest BCUT2D eigenvalue weighted by Gasteiger charge is 2.04. The summed E-state index contributed by atoms with van der Waals surface area (Å²) in [7, 11) is 0. The predicted molar refractivity (Wildman–Crippen MR) is 47.8 cm³/mol. The lowest BCUT2D eigenvalue weighted by molar-refractivity contribution is 0.475. The SMILES string of the molecule is O=c1oc(-c2ccc(O)cc2)ns1. The second kappa shape index (κ2) is 3.02. The molecule has 0 bridgehead atoms. The molecule has 0 saturated heterocycles. The second-order valence-corrected chi connectivity index (χ2v) is 3.09. The summed E-state index contributed by atoms with van der Waals surface area (Å²) >= 11 is 0.769. The Hall–Kier alpha value is -1.62. The maximum absolute atomic E-state index is 10.7. The van der Waals surface area contributed by atoms with Crippen molar-refractivity contribution in [2.75, 3.05) is 0 Å². The molecule has 1 heterocycles. The van der Waals surface area contributed by atoms with Gasteiger partial charge in [0.25, 0.3) is 0 Å². The van der Waals surface area contributed by atoms with Gasteiger partial charge in [-0.05, 0) is 24.3 Å². The summed E-state index contributed by atoms with van der Waals surface area (Å²) < 4.78 is 8.58. The monoisotopic (exact) mass is 195 g/mol. The molecule has 0 amide bonds. The minimum absolute atomic E-state index is 0.168. The van der Waals surface area contributed by atoms with Gasteiger partial charge in [-0.15, -0.1) is 4.37 Å². The van der Waals surface area contributed by atoms with E-state index in [-0.39, 0.29) is 11.6 Å². The number of benzene rings is 1. The van der Waals surface area contributed by atoms with E-state index in [0.717, 1.165) is 11.5 Å². The van der Waals surface area contributed by atoms with E-state index in [1.54, 1.807) is 12.1 Å². The lowest BCUT2D eigenvalue weighted by atomic mass is 10.2. The topological polar surface area (TPSA) is 63.3 Å². The maximum Gasteiger partial charge on any atom is 0.414 e. The van der Waals surface area contributed by atoms with Crippen LogP contribution in [0.15, 0.2) is 33.5 Å². The molecule has 0 fully saturated rings. The van der Waals surface area contributed by atoms with E-state index in [1.165, 1.54) is 12.1 Å². The number of nitrogens with zero attached hydrogens (tertiary/aromatic N) is 1. The van der Waals surface area contributed by atoms with E-state index in [2.05, 4.69) is 4.37 Å². The molecule has 0 atom stereocenters. The highest BCUT2D eigenvalue weighted by atomic mass is 32.1. The van der Waals surface area contributed by atoms with E-state index >= 15 is 0 Å². The molecule has 1 N–H and O–H groups in total. The van der Waals surface area contributed by atoms with Crippen LogP contribution in [0.5, 0.6) is 5.75 Å². The summed E-state index contributed by atoms with van der Waals surface area (Å²) in [6.45, 7) is 0. The molecule has 0 aliphatic heterocycles. The Labute approximate surface area is 77.3 Å². The van der Waals surface area contributed by atoms with Gasteiger partial charge in [0.15, 0.2) is 0 Å². The van der Waals surface area contributed by atoms with Gasteiger partial charge in [-0.25, -0.2) is 4.79 Å². The summed E-state index contributed by atoms with van der Waals surface area (Å²) in [5.74, 6) is 0.455. The molecule has 0 aliphatic rings. The van der Waals surface area contributed by atoms with Crippen molar-refractivity contribution >= 4 is 11.5 Å². The fourth-order valence-corrected chi connectivity index (χ4v) is 1.33. The lowest BCUT2D eigenvalue weighted by Crippen LogP contribution is -1.81. The van der Waals surface area contributed by atoms with Gasteiger partial charge in [0.1, 0.15) is 5.75 Å². The molecule has 0 unspecified atom stereocenters. The van der Waals surface area contributed by atoms with Crippen LogP contribution < -0.4 is 4.94 Å². The molecule has 66 valence electrons. The molecule has 2 aromatic rings. The molecular weight excluding hydrogens is 190 g/mol. The van der Waals surface area contributed by atoms with Gasteiger partial charge in [-0.3, -0.25) is 0 Å². The van der Waals surface area contributed by atoms with E-state index in [9.17, 15) is 4.79 Å². The average molecular weight is 195 g/mol. The van der Waals surface area contributed by atoms with Crippen LogP contribution in [-0.4, -0.2) is 9.48 Å². The summed E-state index contributed by atoms with van der Waals surface area (Å²) in [6.07, 6.45) is 0. The smallest absolute Gasteiger partial charge is 0.414 e. The van der Waals surface area contributed by atoms with Crippen LogP contribution in [0.1, 0.15) is 0 Å². The Balaban J connectivity index is 2.47. The lowest BCUT2D eigenvalue weighted by Gasteiger charge is -1.93. The molecule has 0 spiro atoms. The van der Waals surface area contributed by atoms with Crippen molar-refractivity contribution in [1.82, 2.24) is 4.37 Å². The normalized spacial score (nSPS) is 10.2. The Bertz CT molecular complexity index is 457. The van der Waals surface area contributed by atoms with Gasteiger partial charge in [-0.2, -0.15) is 0 Å². The molecule has 0 radical (unpaired) electrons. The molecule has 2 rings (SSSR count). The van der Waals surface area contributed by atoms with E-state index in [1.807, 2.05) is 0 Å². The number of hydrogen-bond acceptors (Lipinski definition) is 5. The number of rotatable bonds is 1. The first kappa shape index (κ1) is 8.00. The number of phenolic OH excluding ortho intramolecular Hbond substituents is 1. The van der Waals surface area contributed by atoms with Gasteiger partial charge >= 0.3 is 4.94 Å². The quantitative estimate of drug-likeness (QED) is 0.748. The van der Waals surface area contributed by atoms with Crippen molar-refractivity contribution < 1.29 is 9.52 Å². The van der Waals surface area contributed by atoms with Gasteiger partial charge in [0.05, 0.1) is 11.5 Å². The van der Waals surface area contributed by atoms with Crippen molar-refractivity contribution in [2.24, 2.45) is 0 Å². The van der Waals surface area contributed by atoms with E-state index in [4.69, 9.17) is 9.52 Å². The van der Waals surface area contributed by atoms with E-state index in [0.29, 0.717) is 5.56 Å². The molecule has 1 aromatic carbocycles. The molecule has 13 heavy (non-hydrogen) atoms. The number of aromatic hydroxyl groups is 1. The van der Waals surface area contributed by atoms with Crippen LogP contribution >= 0.6 is 11.5 Å². The third-order valence-corrected chi connectivity index (χ3v) is 1.99. The molecule has 5 heteroatoms. The van der Waals surface area contributed by atoms with E-state index < -0.39 is 4.94 Å². The summed E-state index contributed by atoms with van der Waals surface area (Å²) in [5.41, 5.74) is 0.677. The third kappa shape index (κ3) is 1.59. The van der Waals surface area contributed by atoms with Crippen LogP contribution in [0, 0.1) is 0 Å².